The predicted octanol–water partition coefficient (Wildman–Crippen LogP) is 3.55. The van der Waals surface area contributed by atoms with Crippen molar-refractivity contribution in [3.63, 3.8) is 0 Å². The normalized spacial score (nSPS) is 14.9. The van der Waals surface area contributed by atoms with Crippen molar-refractivity contribution in [3.05, 3.63) is 60.2 Å². The van der Waals surface area contributed by atoms with Crippen LogP contribution in [0.4, 0.5) is 5.69 Å². The van der Waals surface area contributed by atoms with Crippen molar-refractivity contribution >= 4 is 27.3 Å². The summed E-state index contributed by atoms with van der Waals surface area (Å²) < 4.78 is 24.7. The Morgan fingerprint density at radius 1 is 0.897 bits per heavy atom. The molecule has 0 saturated heterocycles. The van der Waals surface area contributed by atoms with Crippen molar-refractivity contribution in [2.75, 3.05) is 11.1 Å². The summed E-state index contributed by atoms with van der Waals surface area (Å²) in [6, 6.07) is 15.0. The highest BCUT2D eigenvalue weighted by molar-refractivity contribution is 7.91. The smallest absolute Gasteiger partial charge is 0.253 e. The zero-order valence-corrected chi connectivity index (χ0v) is 17.1. The van der Waals surface area contributed by atoms with E-state index in [2.05, 4.69) is 10.6 Å². The van der Waals surface area contributed by atoms with E-state index in [1.54, 1.807) is 42.5 Å². The van der Waals surface area contributed by atoms with Gasteiger partial charge in [0.15, 0.2) is 9.84 Å². The molecule has 2 aromatic carbocycles. The fraction of sp³-hybridized carbons (Fsp3) is 0.364. The summed E-state index contributed by atoms with van der Waals surface area (Å²) in [6.07, 6.45) is 5.17. The molecule has 0 bridgehead atoms. The van der Waals surface area contributed by atoms with Crippen molar-refractivity contribution in [3.8, 4) is 0 Å². The lowest BCUT2D eigenvalue weighted by Gasteiger charge is -2.23. The molecule has 2 N–H and O–H groups in total. The third-order valence-corrected chi connectivity index (χ3v) is 6.82. The van der Waals surface area contributed by atoms with E-state index in [9.17, 15) is 18.0 Å². The van der Waals surface area contributed by atoms with Gasteiger partial charge in [0.1, 0.15) is 0 Å². The molecule has 0 aromatic heterocycles. The van der Waals surface area contributed by atoms with Crippen LogP contribution in [0.1, 0.15) is 48.9 Å². The van der Waals surface area contributed by atoms with Gasteiger partial charge in [0.05, 0.1) is 21.9 Å². The van der Waals surface area contributed by atoms with E-state index in [4.69, 9.17) is 0 Å². The van der Waals surface area contributed by atoms with Gasteiger partial charge >= 0.3 is 0 Å². The summed E-state index contributed by atoms with van der Waals surface area (Å²) in [5.41, 5.74) is 0.778. The first-order valence-electron chi connectivity index (χ1n) is 9.93. The number of hydrogen-bond donors (Lipinski definition) is 2. The number of carbonyl (C=O) groups excluding carboxylic acids is 2. The van der Waals surface area contributed by atoms with Crippen LogP contribution in [0.5, 0.6) is 0 Å². The van der Waals surface area contributed by atoms with Gasteiger partial charge in [0.2, 0.25) is 5.91 Å². The molecule has 0 radical (unpaired) electrons. The summed E-state index contributed by atoms with van der Waals surface area (Å²) in [5.74, 6) is -0.952. The van der Waals surface area contributed by atoms with E-state index >= 15 is 0 Å². The van der Waals surface area contributed by atoms with E-state index in [0.29, 0.717) is 11.3 Å². The minimum atomic E-state index is -3.53. The Kier molecular flexibility index (Phi) is 7.04. The average molecular weight is 415 g/mol. The number of anilines is 1. The SMILES string of the molecule is O=C(CCS(=O)(=O)c1ccccc1)Nc1ccccc1C(=O)NC1CCCCC1. The first kappa shape index (κ1) is 21.0. The Labute approximate surface area is 171 Å². The van der Waals surface area contributed by atoms with E-state index in [0.717, 1.165) is 25.7 Å². The van der Waals surface area contributed by atoms with Gasteiger partial charge in [0.25, 0.3) is 5.91 Å². The number of rotatable bonds is 7. The average Bonchev–Trinajstić information content (AvgIpc) is 2.74. The molecule has 0 aliphatic heterocycles. The molecule has 6 nitrogen and oxygen atoms in total. The van der Waals surface area contributed by atoms with Gasteiger partial charge in [-0.25, -0.2) is 8.42 Å². The summed E-state index contributed by atoms with van der Waals surface area (Å²) in [6.45, 7) is 0. The van der Waals surface area contributed by atoms with E-state index < -0.39 is 15.7 Å². The summed E-state index contributed by atoms with van der Waals surface area (Å²) in [5, 5.41) is 5.73. The standard InChI is InChI=1S/C22H26N2O4S/c25-21(15-16-29(27,28)18-11-5-2-6-12-18)24-20-14-8-7-13-19(20)22(26)23-17-9-3-1-4-10-17/h2,5-8,11-14,17H,1,3-4,9-10,15-16H2,(H,23,26)(H,24,25). The van der Waals surface area contributed by atoms with Crippen molar-refractivity contribution in [2.45, 2.75) is 49.5 Å². The van der Waals surface area contributed by atoms with Gasteiger partial charge in [-0.2, -0.15) is 0 Å². The number of para-hydroxylation sites is 1. The highest BCUT2D eigenvalue weighted by Gasteiger charge is 2.20. The Bertz CT molecular complexity index is 952. The molecule has 3 rings (SSSR count). The minimum absolute atomic E-state index is 0.163. The zero-order chi connectivity index (χ0) is 20.7. The maximum atomic E-state index is 12.7. The second-order valence-electron chi connectivity index (χ2n) is 7.28. The Hall–Kier alpha value is -2.67. The maximum Gasteiger partial charge on any atom is 0.253 e. The molecule has 0 atom stereocenters. The monoisotopic (exact) mass is 414 g/mol. The molecule has 29 heavy (non-hydrogen) atoms. The quantitative estimate of drug-likeness (QED) is 0.725. The van der Waals surface area contributed by atoms with Crippen LogP contribution < -0.4 is 10.6 Å². The van der Waals surface area contributed by atoms with Crippen LogP contribution in [-0.4, -0.2) is 32.0 Å². The number of carbonyl (C=O) groups is 2. The van der Waals surface area contributed by atoms with E-state index in [-0.39, 0.29) is 29.0 Å². The third kappa shape index (κ3) is 5.90. The fourth-order valence-corrected chi connectivity index (χ4v) is 4.75. The predicted molar refractivity (Wildman–Crippen MR) is 113 cm³/mol. The molecule has 1 fully saturated rings. The summed E-state index contributed by atoms with van der Waals surface area (Å²) in [4.78, 5) is 25.2. The zero-order valence-electron chi connectivity index (χ0n) is 16.3. The minimum Gasteiger partial charge on any atom is -0.349 e. The van der Waals surface area contributed by atoms with Crippen molar-refractivity contribution in [1.82, 2.24) is 5.32 Å². The highest BCUT2D eigenvalue weighted by atomic mass is 32.2. The first-order valence-corrected chi connectivity index (χ1v) is 11.6. The van der Waals surface area contributed by atoms with Gasteiger partial charge in [-0.3, -0.25) is 9.59 Å². The molecule has 2 aromatic rings. The number of hydrogen-bond acceptors (Lipinski definition) is 4. The molecule has 1 aliphatic carbocycles. The number of sulfone groups is 1. The lowest BCUT2D eigenvalue weighted by Crippen LogP contribution is -2.36. The molecule has 7 heteroatoms. The Morgan fingerprint density at radius 2 is 1.55 bits per heavy atom. The van der Waals surface area contributed by atoms with Crippen LogP contribution in [0, 0.1) is 0 Å². The second kappa shape index (κ2) is 9.69. The molecule has 2 amide bonds. The molecule has 1 aliphatic rings. The molecule has 0 spiro atoms. The molecular weight excluding hydrogens is 388 g/mol. The van der Waals surface area contributed by atoms with Crippen LogP contribution in [-0.2, 0) is 14.6 Å². The molecular formula is C22H26N2O4S. The van der Waals surface area contributed by atoms with Gasteiger partial charge < -0.3 is 10.6 Å². The lowest BCUT2D eigenvalue weighted by atomic mass is 9.95. The van der Waals surface area contributed by atoms with Crippen LogP contribution in [0.2, 0.25) is 0 Å². The third-order valence-electron chi connectivity index (χ3n) is 5.09. The van der Waals surface area contributed by atoms with Crippen LogP contribution in [0.25, 0.3) is 0 Å². The molecule has 1 saturated carbocycles. The summed E-state index contributed by atoms with van der Waals surface area (Å²) in [7, 11) is -3.53. The maximum absolute atomic E-state index is 12.7. The van der Waals surface area contributed by atoms with Crippen molar-refractivity contribution in [1.29, 1.82) is 0 Å². The summed E-state index contributed by atoms with van der Waals surface area (Å²) >= 11 is 0. The number of benzene rings is 2. The lowest BCUT2D eigenvalue weighted by molar-refractivity contribution is -0.115. The van der Waals surface area contributed by atoms with Gasteiger partial charge in [-0.05, 0) is 37.1 Å². The number of nitrogens with one attached hydrogen (secondary N) is 2. The van der Waals surface area contributed by atoms with Crippen LogP contribution >= 0.6 is 0 Å². The largest absolute Gasteiger partial charge is 0.349 e. The van der Waals surface area contributed by atoms with Gasteiger partial charge in [-0.1, -0.05) is 49.6 Å². The topological polar surface area (TPSA) is 92.3 Å². The first-order chi connectivity index (χ1) is 14.0. The van der Waals surface area contributed by atoms with E-state index in [1.165, 1.54) is 18.6 Å². The molecule has 154 valence electrons. The van der Waals surface area contributed by atoms with Crippen molar-refractivity contribution < 1.29 is 18.0 Å². The highest BCUT2D eigenvalue weighted by Crippen LogP contribution is 2.20. The van der Waals surface area contributed by atoms with Crippen LogP contribution in [0.15, 0.2) is 59.5 Å². The molecule has 0 unspecified atom stereocenters. The van der Waals surface area contributed by atoms with Crippen LogP contribution in [0.3, 0.4) is 0 Å². The Morgan fingerprint density at radius 3 is 2.28 bits per heavy atom. The van der Waals surface area contributed by atoms with Crippen molar-refractivity contribution in [2.24, 2.45) is 0 Å². The van der Waals surface area contributed by atoms with Gasteiger partial charge in [-0.15, -0.1) is 0 Å². The van der Waals surface area contributed by atoms with Gasteiger partial charge in [0, 0.05) is 12.5 Å². The second-order valence-corrected chi connectivity index (χ2v) is 9.39. The Balaban J connectivity index is 1.61. The number of amides is 2. The van der Waals surface area contributed by atoms with E-state index in [1.807, 2.05) is 0 Å². The molecule has 0 heterocycles. The fourth-order valence-electron chi connectivity index (χ4n) is 3.49.